The quantitative estimate of drug-likeness (QED) is 0.563. The van der Waals surface area contributed by atoms with Gasteiger partial charge in [0.05, 0.1) is 10.0 Å². The molecule has 0 aliphatic heterocycles. The van der Waals surface area contributed by atoms with Crippen LogP contribution in [0.4, 0.5) is 13.2 Å². The fraction of sp³-hybridized carbons (Fsp3) is 0.143. The van der Waals surface area contributed by atoms with Gasteiger partial charge in [-0.2, -0.15) is 13.2 Å². The van der Waals surface area contributed by atoms with Gasteiger partial charge in [-0.25, -0.2) is 0 Å². The lowest BCUT2D eigenvalue weighted by Crippen LogP contribution is -2.04. The highest BCUT2D eigenvalue weighted by Gasteiger charge is 2.31. The van der Waals surface area contributed by atoms with Crippen LogP contribution in [0.1, 0.15) is 11.1 Å². The molecule has 0 spiro atoms. The van der Waals surface area contributed by atoms with Gasteiger partial charge in [-0.05, 0) is 64.8 Å². The van der Waals surface area contributed by atoms with Crippen LogP contribution in [-0.4, -0.2) is 0 Å². The Kier molecular flexibility index (Phi) is 4.44. The molecule has 106 valence electrons. The van der Waals surface area contributed by atoms with Gasteiger partial charge in [0, 0.05) is 4.47 Å². The lowest BCUT2D eigenvalue weighted by molar-refractivity contribution is -0.137. The Morgan fingerprint density at radius 3 is 2.15 bits per heavy atom. The topological polar surface area (TPSA) is 9.23 Å². The van der Waals surface area contributed by atoms with E-state index in [2.05, 4.69) is 31.9 Å². The Bertz CT molecular complexity index is 639. The fourth-order valence-electron chi connectivity index (χ4n) is 1.61. The zero-order valence-electron chi connectivity index (χ0n) is 10.3. The predicted octanol–water partition coefficient (Wildman–Crippen LogP) is 6.33. The van der Waals surface area contributed by atoms with Gasteiger partial charge in [-0.3, -0.25) is 0 Å². The van der Waals surface area contributed by atoms with Crippen LogP contribution in [0.3, 0.4) is 0 Å². The Labute approximate surface area is 131 Å². The smallest absolute Gasteiger partial charge is 0.416 e. The van der Waals surface area contributed by atoms with Crippen LogP contribution in [0.25, 0.3) is 0 Å². The second kappa shape index (κ2) is 5.77. The van der Waals surface area contributed by atoms with Crippen LogP contribution in [0.15, 0.2) is 45.3 Å². The first-order valence-corrected chi connectivity index (χ1v) is 7.17. The summed E-state index contributed by atoms with van der Waals surface area (Å²) in [7, 11) is 0. The van der Waals surface area contributed by atoms with E-state index >= 15 is 0 Å². The Morgan fingerprint density at radius 2 is 1.60 bits per heavy atom. The highest BCUT2D eigenvalue weighted by Crippen LogP contribution is 2.37. The van der Waals surface area contributed by atoms with Gasteiger partial charge < -0.3 is 4.74 Å². The summed E-state index contributed by atoms with van der Waals surface area (Å²) in [6.45, 7) is 1.86. The van der Waals surface area contributed by atoms with E-state index in [1.807, 2.05) is 13.0 Å². The minimum Gasteiger partial charge on any atom is -0.456 e. The number of benzene rings is 2. The molecule has 0 atom stereocenters. The molecule has 6 heteroatoms. The number of ether oxygens (including phenoxy) is 1. The molecule has 0 saturated carbocycles. The molecule has 0 aromatic heterocycles. The second-order valence-electron chi connectivity index (χ2n) is 4.15. The fourth-order valence-corrected chi connectivity index (χ4v) is 2.54. The summed E-state index contributed by atoms with van der Waals surface area (Å²) in [6, 6.07) is 8.73. The summed E-state index contributed by atoms with van der Waals surface area (Å²) in [5.74, 6) is 0.928. The lowest BCUT2D eigenvalue weighted by atomic mass is 10.2. The molecule has 2 rings (SSSR count). The van der Waals surface area contributed by atoms with Crippen molar-refractivity contribution in [3.8, 4) is 11.5 Å². The number of alkyl halides is 3. The first kappa shape index (κ1) is 15.4. The van der Waals surface area contributed by atoms with Gasteiger partial charge >= 0.3 is 6.18 Å². The molecular weight excluding hydrogens is 401 g/mol. The SMILES string of the molecule is Cc1cc(Br)ccc1Oc1ccc(C(F)(F)F)cc1Br. The van der Waals surface area contributed by atoms with Crippen LogP contribution >= 0.6 is 31.9 Å². The Balaban J connectivity index is 2.30. The van der Waals surface area contributed by atoms with Gasteiger partial charge in [-0.1, -0.05) is 15.9 Å². The molecule has 0 unspecified atom stereocenters. The van der Waals surface area contributed by atoms with Crippen molar-refractivity contribution in [3.05, 3.63) is 56.5 Å². The van der Waals surface area contributed by atoms with Crippen LogP contribution in [-0.2, 0) is 6.18 Å². The van der Waals surface area contributed by atoms with Crippen molar-refractivity contribution in [3.63, 3.8) is 0 Å². The van der Waals surface area contributed by atoms with Crippen LogP contribution in [0.2, 0.25) is 0 Å². The normalized spacial score (nSPS) is 11.5. The number of rotatable bonds is 2. The molecule has 0 heterocycles. The Morgan fingerprint density at radius 1 is 0.950 bits per heavy atom. The minimum absolute atomic E-state index is 0.259. The molecular formula is C14H9Br2F3O. The van der Waals surface area contributed by atoms with E-state index in [1.54, 1.807) is 12.1 Å². The molecule has 0 radical (unpaired) electrons. The van der Waals surface area contributed by atoms with Gasteiger partial charge in [0.15, 0.2) is 0 Å². The van der Waals surface area contributed by atoms with E-state index in [4.69, 9.17) is 4.74 Å². The third-order valence-corrected chi connectivity index (χ3v) is 3.73. The molecule has 0 aliphatic carbocycles. The third-order valence-electron chi connectivity index (χ3n) is 2.62. The van der Waals surface area contributed by atoms with Crippen LogP contribution in [0.5, 0.6) is 11.5 Å². The summed E-state index contributed by atoms with van der Waals surface area (Å²) in [5, 5.41) is 0. The summed E-state index contributed by atoms with van der Waals surface area (Å²) in [6.07, 6.45) is -4.37. The highest BCUT2D eigenvalue weighted by atomic mass is 79.9. The van der Waals surface area contributed by atoms with Crippen molar-refractivity contribution in [2.75, 3.05) is 0 Å². The van der Waals surface area contributed by atoms with E-state index in [9.17, 15) is 13.2 Å². The largest absolute Gasteiger partial charge is 0.456 e. The van der Waals surface area contributed by atoms with E-state index in [0.29, 0.717) is 11.5 Å². The van der Waals surface area contributed by atoms with Crippen molar-refractivity contribution in [1.29, 1.82) is 0 Å². The number of aryl methyl sites for hydroxylation is 1. The molecule has 0 bridgehead atoms. The first-order valence-electron chi connectivity index (χ1n) is 5.58. The van der Waals surface area contributed by atoms with Crippen molar-refractivity contribution in [1.82, 2.24) is 0 Å². The lowest BCUT2D eigenvalue weighted by Gasteiger charge is -2.12. The molecule has 2 aromatic carbocycles. The third kappa shape index (κ3) is 3.55. The molecule has 0 saturated heterocycles. The standard InChI is InChI=1S/C14H9Br2F3O/c1-8-6-10(15)3-5-12(8)20-13-4-2-9(7-11(13)16)14(17,18)19/h2-7H,1H3. The van der Waals surface area contributed by atoms with Crippen molar-refractivity contribution in [2.45, 2.75) is 13.1 Å². The maximum absolute atomic E-state index is 12.6. The van der Waals surface area contributed by atoms with Crippen molar-refractivity contribution < 1.29 is 17.9 Å². The monoisotopic (exact) mass is 408 g/mol. The second-order valence-corrected chi connectivity index (χ2v) is 5.92. The number of hydrogen-bond acceptors (Lipinski definition) is 1. The van der Waals surface area contributed by atoms with Crippen LogP contribution < -0.4 is 4.74 Å². The van der Waals surface area contributed by atoms with Gasteiger partial charge in [0.25, 0.3) is 0 Å². The average molecular weight is 410 g/mol. The van der Waals surface area contributed by atoms with Gasteiger partial charge in [0.1, 0.15) is 11.5 Å². The van der Waals surface area contributed by atoms with Crippen molar-refractivity contribution >= 4 is 31.9 Å². The summed E-state index contributed by atoms with van der Waals surface area (Å²) in [4.78, 5) is 0. The summed E-state index contributed by atoms with van der Waals surface area (Å²) < 4.78 is 44.5. The molecule has 20 heavy (non-hydrogen) atoms. The molecule has 0 amide bonds. The molecule has 2 aromatic rings. The van der Waals surface area contributed by atoms with Crippen LogP contribution in [0, 0.1) is 6.92 Å². The van der Waals surface area contributed by atoms with Gasteiger partial charge in [0.2, 0.25) is 0 Å². The highest BCUT2D eigenvalue weighted by molar-refractivity contribution is 9.10. The summed E-state index contributed by atoms with van der Waals surface area (Å²) >= 11 is 6.44. The van der Waals surface area contributed by atoms with E-state index in [-0.39, 0.29) is 4.47 Å². The summed E-state index contributed by atoms with van der Waals surface area (Å²) in [5.41, 5.74) is 0.162. The maximum atomic E-state index is 12.6. The zero-order valence-corrected chi connectivity index (χ0v) is 13.4. The minimum atomic E-state index is -4.37. The van der Waals surface area contributed by atoms with E-state index in [1.165, 1.54) is 6.07 Å². The molecule has 0 fully saturated rings. The Hall–Kier alpha value is -1.01. The van der Waals surface area contributed by atoms with E-state index in [0.717, 1.165) is 22.2 Å². The predicted molar refractivity (Wildman–Crippen MR) is 78.1 cm³/mol. The molecule has 0 aliphatic rings. The maximum Gasteiger partial charge on any atom is 0.416 e. The van der Waals surface area contributed by atoms with Crippen molar-refractivity contribution in [2.24, 2.45) is 0 Å². The molecule has 0 N–H and O–H groups in total. The van der Waals surface area contributed by atoms with E-state index < -0.39 is 11.7 Å². The number of hydrogen-bond donors (Lipinski definition) is 0. The van der Waals surface area contributed by atoms with Gasteiger partial charge in [-0.15, -0.1) is 0 Å². The average Bonchev–Trinajstić information content (AvgIpc) is 2.33. The number of halogens is 5. The first-order chi connectivity index (χ1) is 9.27. The molecule has 1 nitrogen and oxygen atoms in total. The zero-order chi connectivity index (χ0) is 14.9.